The van der Waals surface area contributed by atoms with E-state index in [9.17, 15) is 9.59 Å². The Morgan fingerprint density at radius 3 is 2.42 bits per heavy atom. The highest BCUT2D eigenvalue weighted by atomic mass is 16.2. The van der Waals surface area contributed by atoms with Gasteiger partial charge in [0.15, 0.2) is 0 Å². The van der Waals surface area contributed by atoms with E-state index < -0.39 is 0 Å². The normalized spacial score (nSPS) is 39.3. The van der Waals surface area contributed by atoms with Gasteiger partial charge in [-0.25, -0.2) is 0 Å². The van der Waals surface area contributed by atoms with Gasteiger partial charge in [-0.2, -0.15) is 0 Å². The van der Waals surface area contributed by atoms with Crippen molar-refractivity contribution in [2.24, 2.45) is 35.5 Å². The van der Waals surface area contributed by atoms with Gasteiger partial charge in [0.05, 0.1) is 0 Å². The standard InChI is InChI=1S/C27H46N4O2/c32-26(29-12-15-31-13-2-1-3-14-31)20-6-4-19(5-7-20)24-17-25(24)27(33)30-23-9-8-22-18-28-11-10-21(22)16-23/h19-25,28H,1-18H2,(H,29,32)(H,30,33). The summed E-state index contributed by atoms with van der Waals surface area (Å²) in [7, 11) is 0. The van der Waals surface area contributed by atoms with Crippen LogP contribution in [0, 0.1) is 35.5 Å². The molecule has 0 aromatic carbocycles. The largest absolute Gasteiger partial charge is 0.355 e. The molecule has 0 bridgehead atoms. The molecule has 0 spiro atoms. The molecule has 3 N–H and O–H groups in total. The maximum atomic E-state index is 12.9. The number of piperidine rings is 2. The second-order valence-corrected chi connectivity index (χ2v) is 11.8. The van der Waals surface area contributed by atoms with Crippen LogP contribution in [0.5, 0.6) is 0 Å². The molecular formula is C27H46N4O2. The van der Waals surface area contributed by atoms with Gasteiger partial charge in [0.1, 0.15) is 0 Å². The van der Waals surface area contributed by atoms with Gasteiger partial charge in [0.2, 0.25) is 11.8 Å². The molecule has 5 rings (SSSR count). The summed E-state index contributed by atoms with van der Waals surface area (Å²) < 4.78 is 0. The molecule has 3 saturated carbocycles. The fraction of sp³-hybridized carbons (Fsp3) is 0.926. The quantitative estimate of drug-likeness (QED) is 0.548. The summed E-state index contributed by atoms with van der Waals surface area (Å²) in [5, 5.41) is 10.2. The third kappa shape index (κ3) is 6.11. The minimum Gasteiger partial charge on any atom is -0.355 e. The van der Waals surface area contributed by atoms with Gasteiger partial charge < -0.3 is 20.9 Å². The summed E-state index contributed by atoms with van der Waals surface area (Å²) in [6, 6.07) is 0.405. The first-order chi connectivity index (χ1) is 16.2. The van der Waals surface area contributed by atoms with Crippen LogP contribution in [0.15, 0.2) is 0 Å². The average Bonchev–Trinajstić information content (AvgIpc) is 3.66. The Morgan fingerprint density at radius 2 is 1.61 bits per heavy atom. The second kappa shape index (κ2) is 11.1. The number of rotatable bonds is 7. The topological polar surface area (TPSA) is 73.5 Å². The zero-order valence-electron chi connectivity index (χ0n) is 20.5. The van der Waals surface area contributed by atoms with E-state index >= 15 is 0 Å². The molecule has 6 nitrogen and oxygen atoms in total. The highest BCUT2D eigenvalue weighted by Crippen LogP contribution is 2.50. The lowest BCUT2D eigenvalue weighted by atomic mass is 9.73. The van der Waals surface area contributed by atoms with E-state index in [0.29, 0.717) is 23.8 Å². The number of amides is 2. The van der Waals surface area contributed by atoms with Gasteiger partial charge in [-0.1, -0.05) is 6.42 Å². The van der Waals surface area contributed by atoms with Crippen molar-refractivity contribution in [2.75, 3.05) is 39.3 Å². The maximum Gasteiger partial charge on any atom is 0.223 e. The molecular weight excluding hydrogens is 412 g/mol. The summed E-state index contributed by atoms with van der Waals surface area (Å²) in [5.74, 6) is 3.89. The molecule has 0 radical (unpaired) electrons. The molecule has 5 unspecified atom stereocenters. The minimum absolute atomic E-state index is 0.189. The fourth-order valence-corrected chi connectivity index (χ4v) is 7.47. The Kier molecular flexibility index (Phi) is 7.91. The van der Waals surface area contributed by atoms with Crippen LogP contribution in [0.1, 0.15) is 77.0 Å². The first kappa shape index (κ1) is 23.6. The van der Waals surface area contributed by atoms with Gasteiger partial charge in [-0.15, -0.1) is 0 Å². The third-order valence-electron chi connectivity index (χ3n) is 9.69. The Morgan fingerprint density at radius 1 is 0.818 bits per heavy atom. The Bertz CT molecular complexity index is 671. The lowest BCUT2D eigenvalue weighted by Gasteiger charge is -2.39. The minimum atomic E-state index is 0.189. The highest BCUT2D eigenvalue weighted by Gasteiger charge is 2.49. The van der Waals surface area contributed by atoms with E-state index in [2.05, 4.69) is 20.9 Å². The number of hydrogen-bond acceptors (Lipinski definition) is 4. The molecule has 6 heteroatoms. The van der Waals surface area contributed by atoms with Gasteiger partial charge in [0, 0.05) is 31.0 Å². The van der Waals surface area contributed by atoms with E-state index in [4.69, 9.17) is 0 Å². The predicted octanol–water partition coefficient (Wildman–Crippen LogP) is 2.93. The third-order valence-corrected chi connectivity index (χ3v) is 9.69. The zero-order chi connectivity index (χ0) is 22.6. The van der Waals surface area contributed by atoms with Crippen LogP contribution >= 0.6 is 0 Å². The second-order valence-electron chi connectivity index (χ2n) is 11.8. The van der Waals surface area contributed by atoms with Crippen LogP contribution in [0.3, 0.4) is 0 Å². The van der Waals surface area contributed by atoms with Crippen molar-refractivity contribution in [3.8, 4) is 0 Å². The van der Waals surface area contributed by atoms with Gasteiger partial charge in [-0.05, 0) is 120 Å². The number of hydrogen-bond donors (Lipinski definition) is 3. The first-order valence-corrected chi connectivity index (χ1v) is 14.2. The number of nitrogens with one attached hydrogen (secondary N) is 3. The molecule has 2 amide bonds. The maximum absolute atomic E-state index is 12.9. The van der Waals surface area contributed by atoms with Crippen LogP contribution in [0.25, 0.3) is 0 Å². The number of carbonyl (C=O) groups excluding carboxylic acids is 2. The van der Waals surface area contributed by atoms with Crippen LogP contribution < -0.4 is 16.0 Å². The number of carbonyl (C=O) groups is 2. The van der Waals surface area contributed by atoms with Crippen LogP contribution in [-0.4, -0.2) is 62.0 Å². The van der Waals surface area contributed by atoms with E-state index in [0.717, 1.165) is 70.0 Å². The smallest absolute Gasteiger partial charge is 0.223 e. The van der Waals surface area contributed by atoms with E-state index in [1.54, 1.807) is 0 Å². The number of likely N-dealkylation sites (tertiary alicyclic amines) is 1. The van der Waals surface area contributed by atoms with Crippen molar-refractivity contribution >= 4 is 11.8 Å². The van der Waals surface area contributed by atoms with E-state index in [1.807, 2.05) is 0 Å². The van der Waals surface area contributed by atoms with Crippen LogP contribution in [-0.2, 0) is 9.59 Å². The molecule has 186 valence electrons. The van der Waals surface area contributed by atoms with Crippen LogP contribution in [0.2, 0.25) is 0 Å². The molecule has 3 aliphatic carbocycles. The van der Waals surface area contributed by atoms with Crippen molar-refractivity contribution in [1.82, 2.24) is 20.9 Å². The summed E-state index contributed by atoms with van der Waals surface area (Å²) in [6.45, 7) is 6.50. The Balaban J connectivity index is 0.976. The Hall–Kier alpha value is -1.14. The molecule has 2 saturated heterocycles. The van der Waals surface area contributed by atoms with Crippen molar-refractivity contribution < 1.29 is 9.59 Å². The summed E-state index contributed by atoms with van der Waals surface area (Å²) >= 11 is 0. The van der Waals surface area contributed by atoms with Gasteiger partial charge in [0.25, 0.3) is 0 Å². The lowest BCUT2D eigenvalue weighted by molar-refractivity contribution is -0.127. The summed E-state index contributed by atoms with van der Waals surface area (Å²) in [4.78, 5) is 28.0. The molecule has 5 aliphatic rings. The molecule has 5 fully saturated rings. The SMILES string of the molecule is O=C(NCCN1CCCCC1)C1CCC(C2CC2C(=O)NC2CCC3CNCCC3C2)CC1. The number of nitrogens with zero attached hydrogens (tertiary/aromatic N) is 1. The molecule has 5 atom stereocenters. The van der Waals surface area contributed by atoms with Crippen molar-refractivity contribution in [1.29, 1.82) is 0 Å². The van der Waals surface area contributed by atoms with Crippen LogP contribution in [0.4, 0.5) is 0 Å². The molecule has 0 aromatic heterocycles. The fourth-order valence-electron chi connectivity index (χ4n) is 7.47. The van der Waals surface area contributed by atoms with E-state index in [1.165, 1.54) is 58.2 Å². The average molecular weight is 459 g/mol. The van der Waals surface area contributed by atoms with Crippen molar-refractivity contribution in [3.05, 3.63) is 0 Å². The van der Waals surface area contributed by atoms with Crippen molar-refractivity contribution in [2.45, 2.75) is 83.1 Å². The number of fused-ring (bicyclic) bond motifs is 1. The zero-order valence-corrected chi connectivity index (χ0v) is 20.5. The molecule has 0 aromatic rings. The summed E-state index contributed by atoms with van der Waals surface area (Å²) in [6.07, 6.45) is 14.2. The molecule has 2 heterocycles. The predicted molar refractivity (Wildman–Crippen MR) is 131 cm³/mol. The Labute approximate surface area is 200 Å². The monoisotopic (exact) mass is 458 g/mol. The van der Waals surface area contributed by atoms with Gasteiger partial charge in [-0.3, -0.25) is 9.59 Å². The first-order valence-electron chi connectivity index (χ1n) is 14.2. The van der Waals surface area contributed by atoms with Crippen molar-refractivity contribution in [3.63, 3.8) is 0 Å². The van der Waals surface area contributed by atoms with E-state index in [-0.39, 0.29) is 17.7 Å². The lowest BCUT2D eigenvalue weighted by Crippen LogP contribution is -2.46. The summed E-state index contributed by atoms with van der Waals surface area (Å²) in [5.41, 5.74) is 0. The van der Waals surface area contributed by atoms with Gasteiger partial charge >= 0.3 is 0 Å². The highest BCUT2D eigenvalue weighted by molar-refractivity contribution is 5.82. The molecule has 2 aliphatic heterocycles. The molecule has 33 heavy (non-hydrogen) atoms.